The number of carbonyl (C=O) groups is 1. The van der Waals surface area contributed by atoms with Gasteiger partial charge in [0, 0.05) is 12.3 Å². The molecule has 0 aliphatic carbocycles. The number of aromatic nitrogens is 2. The summed E-state index contributed by atoms with van der Waals surface area (Å²) < 4.78 is 1.65. The summed E-state index contributed by atoms with van der Waals surface area (Å²) in [5.41, 5.74) is 4.93. The minimum absolute atomic E-state index is 0.213. The Morgan fingerprint density at radius 2 is 1.96 bits per heavy atom. The van der Waals surface area contributed by atoms with E-state index < -0.39 is 0 Å². The first-order valence-corrected chi connectivity index (χ1v) is 11.0. The Kier molecular flexibility index (Phi) is 9.02. The minimum atomic E-state index is -0.213. The second-order valence-corrected chi connectivity index (χ2v) is 8.95. The number of hydrazone groups is 1. The highest BCUT2D eigenvalue weighted by Gasteiger charge is 2.08. The lowest BCUT2D eigenvalue weighted by atomic mass is 10.2. The smallest absolute Gasteiger partial charge is 0.250 e. The first kappa shape index (κ1) is 20.8. The lowest BCUT2D eigenvalue weighted by molar-refractivity contribution is -0.118. The zero-order chi connectivity index (χ0) is 18.8. The number of amides is 1. The largest absolute Gasteiger partial charge is 0.375 e. The zero-order valence-corrected chi connectivity index (χ0v) is 17.7. The van der Waals surface area contributed by atoms with Crippen molar-refractivity contribution in [1.82, 2.24) is 20.9 Å². The third-order valence-electron chi connectivity index (χ3n) is 2.92. The molecule has 0 saturated carbocycles. The van der Waals surface area contributed by atoms with Crippen molar-refractivity contribution < 1.29 is 4.79 Å². The molecule has 0 aliphatic rings. The van der Waals surface area contributed by atoms with Crippen LogP contribution in [-0.4, -0.2) is 39.6 Å². The van der Waals surface area contributed by atoms with Gasteiger partial charge in [0.15, 0.2) is 8.68 Å². The highest BCUT2D eigenvalue weighted by molar-refractivity contribution is 8.03. The van der Waals surface area contributed by atoms with Crippen molar-refractivity contribution >= 4 is 64.2 Å². The van der Waals surface area contributed by atoms with E-state index in [1.807, 2.05) is 6.92 Å². The standard InChI is InChI=1S/C16H19N5OS4/c1-3-17-14(23)8-18-19-13(22)10-25-16-21-20-15(26-16)24-9-12-6-4-11(2)5-7-12/h4-8H,3,9-10H2,1-2H3,(H,17,23)(H,19,22)/b18-8+. The average Bonchev–Trinajstić information content (AvgIpc) is 3.08. The molecule has 138 valence electrons. The van der Waals surface area contributed by atoms with Gasteiger partial charge < -0.3 is 5.32 Å². The lowest BCUT2D eigenvalue weighted by Gasteiger charge is -1.99. The van der Waals surface area contributed by atoms with Gasteiger partial charge in [0.1, 0.15) is 4.99 Å². The lowest BCUT2D eigenvalue weighted by Crippen LogP contribution is -2.25. The van der Waals surface area contributed by atoms with Crippen molar-refractivity contribution in [3.05, 3.63) is 35.4 Å². The summed E-state index contributed by atoms with van der Waals surface area (Å²) >= 11 is 9.45. The third-order valence-corrected chi connectivity index (χ3v) is 6.43. The van der Waals surface area contributed by atoms with Crippen molar-refractivity contribution in [2.24, 2.45) is 5.10 Å². The molecular formula is C16H19N5OS4. The van der Waals surface area contributed by atoms with Crippen molar-refractivity contribution in [1.29, 1.82) is 0 Å². The van der Waals surface area contributed by atoms with E-state index in [0.717, 1.165) is 21.0 Å². The quantitative estimate of drug-likeness (QED) is 0.276. The summed E-state index contributed by atoms with van der Waals surface area (Å²) in [6, 6.07) is 8.43. The summed E-state index contributed by atoms with van der Waals surface area (Å²) in [5.74, 6) is 0.859. The Balaban J connectivity index is 1.71. The second-order valence-electron chi connectivity index (χ2n) is 5.08. The van der Waals surface area contributed by atoms with Gasteiger partial charge in [0.05, 0.1) is 12.0 Å². The van der Waals surface area contributed by atoms with Gasteiger partial charge in [-0.2, -0.15) is 5.10 Å². The normalized spacial score (nSPS) is 10.8. The predicted molar refractivity (Wildman–Crippen MR) is 114 cm³/mol. The van der Waals surface area contributed by atoms with E-state index in [2.05, 4.69) is 57.2 Å². The number of hydrogen-bond acceptors (Lipinski definition) is 8. The molecule has 1 aromatic heterocycles. The fraction of sp³-hybridized carbons (Fsp3) is 0.312. The number of rotatable bonds is 9. The first-order chi connectivity index (χ1) is 12.6. The molecule has 0 atom stereocenters. The van der Waals surface area contributed by atoms with E-state index in [0.29, 0.717) is 4.99 Å². The van der Waals surface area contributed by atoms with Gasteiger partial charge in [-0.15, -0.1) is 10.2 Å². The summed E-state index contributed by atoms with van der Waals surface area (Å²) in [4.78, 5) is 12.2. The Morgan fingerprint density at radius 1 is 1.27 bits per heavy atom. The monoisotopic (exact) mass is 425 g/mol. The molecule has 0 bridgehead atoms. The van der Waals surface area contributed by atoms with Gasteiger partial charge in [0.25, 0.3) is 5.91 Å². The van der Waals surface area contributed by atoms with Crippen molar-refractivity contribution in [3.8, 4) is 0 Å². The highest BCUT2D eigenvalue weighted by Crippen LogP contribution is 2.30. The molecule has 2 rings (SSSR count). The number of benzene rings is 1. The first-order valence-electron chi connectivity index (χ1n) is 7.81. The van der Waals surface area contributed by atoms with Crippen LogP contribution in [-0.2, 0) is 10.5 Å². The molecule has 0 saturated heterocycles. The second kappa shape index (κ2) is 11.3. The van der Waals surface area contributed by atoms with E-state index in [9.17, 15) is 4.79 Å². The average molecular weight is 426 g/mol. The molecule has 1 aromatic carbocycles. The summed E-state index contributed by atoms with van der Waals surface area (Å²) in [5, 5.41) is 15.0. The van der Waals surface area contributed by atoms with Gasteiger partial charge in [-0.05, 0) is 19.4 Å². The van der Waals surface area contributed by atoms with E-state index in [-0.39, 0.29) is 11.7 Å². The topological polar surface area (TPSA) is 79.3 Å². The van der Waals surface area contributed by atoms with Crippen LogP contribution in [0, 0.1) is 6.92 Å². The zero-order valence-electron chi connectivity index (χ0n) is 14.4. The van der Waals surface area contributed by atoms with Crippen LogP contribution in [0.15, 0.2) is 38.0 Å². The summed E-state index contributed by atoms with van der Waals surface area (Å²) in [6.45, 7) is 4.73. The Hall–Kier alpha value is -1.49. The van der Waals surface area contributed by atoms with Crippen LogP contribution in [0.2, 0.25) is 0 Å². The number of aryl methyl sites for hydroxylation is 1. The number of thioether (sulfide) groups is 2. The number of carbonyl (C=O) groups excluding carboxylic acids is 1. The molecule has 0 radical (unpaired) electrons. The van der Waals surface area contributed by atoms with Crippen LogP contribution in [0.5, 0.6) is 0 Å². The van der Waals surface area contributed by atoms with Crippen molar-refractivity contribution in [3.63, 3.8) is 0 Å². The number of nitrogens with zero attached hydrogens (tertiary/aromatic N) is 3. The van der Waals surface area contributed by atoms with Crippen LogP contribution >= 0.6 is 47.1 Å². The van der Waals surface area contributed by atoms with Crippen LogP contribution < -0.4 is 10.7 Å². The van der Waals surface area contributed by atoms with E-state index in [4.69, 9.17) is 12.2 Å². The Morgan fingerprint density at radius 3 is 2.65 bits per heavy atom. The van der Waals surface area contributed by atoms with Gasteiger partial charge >= 0.3 is 0 Å². The molecule has 1 heterocycles. The molecule has 6 nitrogen and oxygen atoms in total. The van der Waals surface area contributed by atoms with Crippen molar-refractivity contribution in [2.75, 3.05) is 12.3 Å². The number of hydrogen-bond donors (Lipinski definition) is 2. The summed E-state index contributed by atoms with van der Waals surface area (Å²) in [6.07, 6.45) is 1.41. The fourth-order valence-electron chi connectivity index (χ4n) is 1.69. The SMILES string of the molecule is CCNC(=S)/C=N/NC(=O)CSc1nnc(SCc2ccc(C)cc2)s1. The number of nitrogens with one attached hydrogen (secondary N) is 2. The molecule has 26 heavy (non-hydrogen) atoms. The molecule has 0 fully saturated rings. The van der Waals surface area contributed by atoms with Crippen LogP contribution in [0.3, 0.4) is 0 Å². The Bertz CT molecular complexity index is 760. The molecule has 2 N–H and O–H groups in total. The number of thiocarbonyl (C=S) groups is 1. The molecule has 0 spiro atoms. The molecule has 2 aromatic rings. The highest BCUT2D eigenvalue weighted by atomic mass is 32.2. The van der Waals surface area contributed by atoms with E-state index in [1.54, 1.807) is 11.8 Å². The predicted octanol–water partition coefficient (Wildman–Crippen LogP) is 3.27. The van der Waals surface area contributed by atoms with E-state index >= 15 is 0 Å². The van der Waals surface area contributed by atoms with Crippen LogP contribution in [0.4, 0.5) is 0 Å². The van der Waals surface area contributed by atoms with Crippen molar-refractivity contribution in [2.45, 2.75) is 28.3 Å². The van der Waals surface area contributed by atoms with Gasteiger partial charge in [-0.3, -0.25) is 4.79 Å². The molecule has 0 unspecified atom stereocenters. The maximum Gasteiger partial charge on any atom is 0.250 e. The van der Waals surface area contributed by atoms with E-state index in [1.165, 1.54) is 40.4 Å². The van der Waals surface area contributed by atoms with Crippen LogP contribution in [0.25, 0.3) is 0 Å². The maximum absolute atomic E-state index is 11.7. The molecule has 10 heteroatoms. The molecule has 1 amide bonds. The molecular weight excluding hydrogens is 406 g/mol. The van der Waals surface area contributed by atoms with Crippen LogP contribution in [0.1, 0.15) is 18.1 Å². The molecule has 0 aliphatic heterocycles. The minimum Gasteiger partial charge on any atom is -0.375 e. The van der Waals surface area contributed by atoms with Gasteiger partial charge in [0.2, 0.25) is 0 Å². The third kappa shape index (κ3) is 7.81. The van der Waals surface area contributed by atoms with Gasteiger partial charge in [-0.1, -0.05) is 76.9 Å². The van der Waals surface area contributed by atoms with Gasteiger partial charge in [-0.25, -0.2) is 5.43 Å². The Labute approximate surface area is 170 Å². The maximum atomic E-state index is 11.7. The summed E-state index contributed by atoms with van der Waals surface area (Å²) in [7, 11) is 0. The fourth-order valence-corrected chi connectivity index (χ4v) is 4.65.